The molecule has 0 aromatic heterocycles. The number of hydrogen-bond acceptors (Lipinski definition) is 4. The fraction of sp³-hybridized carbons (Fsp3) is 0.909. The summed E-state index contributed by atoms with van der Waals surface area (Å²) < 4.78 is 0. The Kier molecular flexibility index (Phi) is 8.15. The van der Waals surface area contributed by atoms with Crippen LogP contribution in [0.15, 0.2) is 0 Å². The third-order valence-electron chi connectivity index (χ3n) is 2.59. The Bertz CT molecular complexity index is 192. The van der Waals surface area contributed by atoms with Crippen LogP contribution in [-0.4, -0.2) is 59.9 Å². The second-order valence-electron chi connectivity index (χ2n) is 4.32. The molecule has 1 amide bonds. The maximum absolute atomic E-state index is 11.6. The van der Waals surface area contributed by atoms with Crippen molar-refractivity contribution in [1.82, 2.24) is 10.2 Å². The van der Waals surface area contributed by atoms with Crippen molar-refractivity contribution in [2.45, 2.75) is 26.8 Å². The van der Waals surface area contributed by atoms with E-state index in [9.17, 15) is 4.79 Å². The highest BCUT2D eigenvalue weighted by molar-refractivity contribution is 5.78. The molecule has 0 aromatic carbocycles. The van der Waals surface area contributed by atoms with Gasteiger partial charge in [-0.25, -0.2) is 0 Å². The minimum Gasteiger partial charge on any atom is -0.395 e. The highest BCUT2D eigenvalue weighted by Crippen LogP contribution is 1.99. The molecule has 0 aromatic rings. The molecule has 0 aliphatic carbocycles. The zero-order chi connectivity index (χ0) is 12.6. The normalized spacial score (nSPS) is 13.2. The van der Waals surface area contributed by atoms with Gasteiger partial charge in [-0.2, -0.15) is 0 Å². The molecule has 3 N–H and O–H groups in total. The van der Waals surface area contributed by atoms with Gasteiger partial charge in [0.2, 0.25) is 5.91 Å². The van der Waals surface area contributed by atoms with Crippen molar-refractivity contribution in [2.75, 3.05) is 32.8 Å². The lowest BCUT2D eigenvalue weighted by molar-refractivity contribution is -0.123. The third kappa shape index (κ3) is 6.76. The lowest BCUT2D eigenvalue weighted by Crippen LogP contribution is -2.44. The topological polar surface area (TPSA) is 72.8 Å². The molecule has 16 heavy (non-hydrogen) atoms. The van der Waals surface area contributed by atoms with E-state index in [-0.39, 0.29) is 31.7 Å². The summed E-state index contributed by atoms with van der Waals surface area (Å²) in [6.45, 7) is 7.08. The number of carbonyl (C=O) groups excluding carboxylic acids is 1. The minimum atomic E-state index is -0.0666. The van der Waals surface area contributed by atoms with Crippen LogP contribution in [0.1, 0.15) is 20.8 Å². The van der Waals surface area contributed by atoms with Crippen molar-refractivity contribution in [3.8, 4) is 0 Å². The van der Waals surface area contributed by atoms with E-state index < -0.39 is 0 Å². The van der Waals surface area contributed by atoms with Gasteiger partial charge in [-0.05, 0) is 12.8 Å². The van der Waals surface area contributed by atoms with Crippen molar-refractivity contribution in [1.29, 1.82) is 0 Å². The van der Waals surface area contributed by atoms with Crippen LogP contribution in [0, 0.1) is 5.92 Å². The van der Waals surface area contributed by atoms with Gasteiger partial charge in [0.05, 0.1) is 19.8 Å². The number of amides is 1. The van der Waals surface area contributed by atoms with Gasteiger partial charge in [0.15, 0.2) is 0 Å². The molecule has 0 aliphatic heterocycles. The lowest BCUT2D eigenvalue weighted by atomic mass is 10.1. The number of aliphatic hydroxyl groups excluding tert-OH is 2. The fourth-order valence-electron chi connectivity index (χ4n) is 1.22. The predicted octanol–water partition coefficient (Wildman–Crippen LogP) is -0.566. The molecule has 0 bridgehead atoms. The summed E-state index contributed by atoms with van der Waals surface area (Å²) in [6, 6.07) is 0.137. The third-order valence-corrected chi connectivity index (χ3v) is 2.59. The van der Waals surface area contributed by atoms with Gasteiger partial charge in [0.1, 0.15) is 0 Å². The minimum absolute atomic E-state index is 0.00693. The first-order valence-corrected chi connectivity index (χ1v) is 5.74. The Morgan fingerprint density at radius 1 is 1.19 bits per heavy atom. The predicted molar refractivity (Wildman–Crippen MR) is 63.1 cm³/mol. The number of rotatable bonds is 8. The van der Waals surface area contributed by atoms with Crippen molar-refractivity contribution < 1.29 is 15.0 Å². The molecule has 0 fully saturated rings. The van der Waals surface area contributed by atoms with Gasteiger partial charge in [-0.15, -0.1) is 0 Å². The van der Waals surface area contributed by atoms with E-state index in [1.54, 1.807) is 4.90 Å². The maximum Gasteiger partial charge on any atom is 0.234 e. The number of aliphatic hydroxyl groups is 2. The summed E-state index contributed by atoms with van der Waals surface area (Å²) in [4.78, 5) is 13.3. The van der Waals surface area contributed by atoms with Gasteiger partial charge in [0, 0.05) is 19.1 Å². The first-order chi connectivity index (χ1) is 7.51. The monoisotopic (exact) mass is 232 g/mol. The molecule has 0 saturated carbocycles. The Balaban J connectivity index is 3.98. The maximum atomic E-state index is 11.6. The van der Waals surface area contributed by atoms with E-state index in [2.05, 4.69) is 5.32 Å². The average molecular weight is 232 g/mol. The molecule has 0 rings (SSSR count). The standard InChI is InChI=1S/C11H24N2O3/c1-9(2)10(3)12-11(16)8-13(4-6-14)5-7-15/h9-10,14-15H,4-8H2,1-3H3,(H,12,16). The summed E-state index contributed by atoms with van der Waals surface area (Å²) in [5.41, 5.74) is 0. The van der Waals surface area contributed by atoms with Crippen LogP contribution in [0.5, 0.6) is 0 Å². The van der Waals surface area contributed by atoms with E-state index in [0.29, 0.717) is 19.0 Å². The summed E-state index contributed by atoms with van der Waals surface area (Å²) in [7, 11) is 0. The largest absolute Gasteiger partial charge is 0.395 e. The van der Waals surface area contributed by atoms with Crippen molar-refractivity contribution in [3.63, 3.8) is 0 Å². The van der Waals surface area contributed by atoms with Crippen molar-refractivity contribution in [3.05, 3.63) is 0 Å². The molecule has 0 spiro atoms. The molecule has 0 radical (unpaired) electrons. The van der Waals surface area contributed by atoms with E-state index >= 15 is 0 Å². The Morgan fingerprint density at radius 3 is 2.06 bits per heavy atom. The van der Waals surface area contributed by atoms with Crippen LogP contribution < -0.4 is 5.32 Å². The summed E-state index contributed by atoms with van der Waals surface area (Å²) >= 11 is 0. The zero-order valence-corrected chi connectivity index (χ0v) is 10.4. The molecule has 5 nitrogen and oxygen atoms in total. The number of nitrogens with one attached hydrogen (secondary N) is 1. The van der Waals surface area contributed by atoms with Crippen LogP contribution >= 0.6 is 0 Å². The molecule has 1 atom stereocenters. The Morgan fingerprint density at radius 2 is 1.69 bits per heavy atom. The van der Waals surface area contributed by atoms with Crippen molar-refractivity contribution in [2.24, 2.45) is 5.92 Å². The summed E-state index contributed by atoms with van der Waals surface area (Å²) in [6.07, 6.45) is 0. The second-order valence-corrected chi connectivity index (χ2v) is 4.32. The fourth-order valence-corrected chi connectivity index (χ4v) is 1.22. The zero-order valence-electron chi connectivity index (χ0n) is 10.4. The van der Waals surface area contributed by atoms with Gasteiger partial charge in [0.25, 0.3) is 0 Å². The first kappa shape index (κ1) is 15.3. The molecular weight excluding hydrogens is 208 g/mol. The van der Waals surface area contributed by atoms with E-state index in [1.807, 2.05) is 20.8 Å². The van der Waals surface area contributed by atoms with Gasteiger partial charge in [-0.3, -0.25) is 9.69 Å². The quantitative estimate of drug-likeness (QED) is 0.524. The van der Waals surface area contributed by atoms with Crippen LogP contribution in [0.2, 0.25) is 0 Å². The van der Waals surface area contributed by atoms with Crippen LogP contribution in [0.4, 0.5) is 0 Å². The molecule has 0 aliphatic rings. The molecule has 5 heteroatoms. The van der Waals surface area contributed by atoms with Gasteiger partial charge >= 0.3 is 0 Å². The smallest absolute Gasteiger partial charge is 0.234 e. The molecular formula is C11H24N2O3. The Hall–Kier alpha value is -0.650. The van der Waals surface area contributed by atoms with Gasteiger partial charge in [-0.1, -0.05) is 13.8 Å². The molecule has 0 saturated heterocycles. The Labute approximate surface area is 97.4 Å². The van der Waals surface area contributed by atoms with Crippen LogP contribution in [-0.2, 0) is 4.79 Å². The van der Waals surface area contributed by atoms with Crippen LogP contribution in [0.3, 0.4) is 0 Å². The number of nitrogens with zero attached hydrogens (tertiary/aromatic N) is 1. The SMILES string of the molecule is CC(C)C(C)NC(=O)CN(CCO)CCO. The molecule has 1 unspecified atom stereocenters. The van der Waals surface area contributed by atoms with Crippen molar-refractivity contribution >= 4 is 5.91 Å². The second kappa shape index (κ2) is 8.50. The van der Waals surface area contributed by atoms with Crippen LogP contribution in [0.25, 0.3) is 0 Å². The summed E-state index contributed by atoms with van der Waals surface area (Å²) in [5.74, 6) is 0.330. The van der Waals surface area contributed by atoms with E-state index in [1.165, 1.54) is 0 Å². The highest BCUT2D eigenvalue weighted by atomic mass is 16.3. The highest BCUT2D eigenvalue weighted by Gasteiger charge is 2.13. The number of carbonyl (C=O) groups is 1. The van der Waals surface area contributed by atoms with E-state index in [0.717, 1.165) is 0 Å². The average Bonchev–Trinajstić information content (AvgIpc) is 2.17. The molecule has 96 valence electrons. The first-order valence-electron chi connectivity index (χ1n) is 5.74. The summed E-state index contributed by atoms with van der Waals surface area (Å²) in [5, 5.41) is 20.5. The lowest BCUT2D eigenvalue weighted by Gasteiger charge is -2.22. The molecule has 0 heterocycles. The van der Waals surface area contributed by atoms with Gasteiger partial charge < -0.3 is 15.5 Å². The number of hydrogen-bond donors (Lipinski definition) is 3. The van der Waals surface area contributed by atoms with E-state index in [4.69, 9.17) is 10.2 Å².